The zero-order valence-electron chi connectivity index (χ0n) is 13.8. The van der Waals surface area contributed by atoms with Gasteiger partial charge in [-0.05, 0) is 35.7 Å². The van der Waals surface area contributed by atoms with Crippen molar-refractivity contribution in [2.45, 2.75) is 23.1 Å². The van der Waals surface area contributed by atoms with Gasteiger partial charge in [-0.15, -0.1) is 11.8 Å². The Labute approximate surface area is 156 Å². The smallest absolute Gasteiger partial charge is 0.325 e. The normalized spacial score (nSPS) is 15.5. The molecule has 3 rings (SSSR count). The minimum atomic E-state index is -0.428. The van der Waals surface area contributed by atoms with Crippen LogP contribution in [0.25, 0.3) is 0 Å². The van der Waals surface area contributed by atoms with E-state index in [1.807, 2.05) is 36.4 Å². The number of methoxy groups -OCH3 is 1. The summed E-state index contributed by atoms with van der Waals surface area (Å²) in [4.78, 5) is 27.5. The molecule has 2 aromatic rings. The van der Waals surface area contributed by atoms with Crippen LogP contribution in [0.4, 0.5) is 0 Å². The van der Waals surface area contributed by atoms with Crippen molar-refractivity contribution in [3.8, 4) is 0 Å². The van der Waals surface area contributed by atoms with Gasteiger partial charge in [0.15, 0.2) is 0 Å². The van der Waals surface area contributed by atoms with Crippen molar-refractivity contribution >= 4 is 35.2 Å². The molecule has 0 spiro atoms. The van der Waals surface area contributed by atoms with Gasteiger partial charge < -0.3 is 9.64 Å². The number of hydrogen-bond acceptors (Lipinski definition) is 4. The molecule has 0 N–H and O–H groups in total. The Morgan fingerprint density at radius 2 is 1.92 bits per heavy atom. The number of halogens is 1. The largest absolute Gasteiger partial charge is 0.468 e. The fourth-order valence-corrected chi connectivity index (χ4v) is 4.17. The van der Waals surface area contributed by atoms with Crippen molar-refractivity contribution in [2.75, 3.05) is 13.7 Å². The van der Waals surface area contributed by atoms with Crippen LogP contribution in [0, 0.1) is 0 Å². The average Bonchev–Trinajstić information content (AvgIpc) is 3.06. The van der Waals surface area contributed by atoms with Crippen molar-refractivity contribution in [3.05, 3.63) is 64.7 Å². The van der Waals surface area contributed by atoms with Gasteiger partial charge in [0, 0.05) is 16.5 Å². The van der Waals surface area contributed by atoms with Crippen molar-refractivity contribution in [1.82, 2.24) is 4.90 Å². The third-order valence-corrected chi connectivity index (χ3v) is 5.63. The fourth-order valence-electron chi connectivity index (χ4n) is 2.77. The molecular formula is C19H18ClNO3S. The first kappa shape index (κ1) is 17.8. The first-order chi connectivity index (χ1) is 12.1. The summed E-state index contributed by atoms with van der Waals surface area (Å²) in [5.74, 6) is -0.482. The zero-order chi connectivity index (χ0) is 17.8. The Bertz CT molecular complexity index is 753. The van der Waals surface area contributed by atoms with Gasteiger partial charge in [0.1, 0.15) is 6.54 Å². The van der Waals surface area contributed by atoms with Crippen LogP contribution in [0.5, 0.6) is 0 Å². The van der Waals surface area contributed by atoms with E-state index >= 15 is 0 Å². The molecule has 25 heavy (non-hydrogen) atoms. The van der Waals surface area contributed by atoms with Gasteiger partial charge in [0.2, 0.25) is 5.91 Å². The number of nitrogens with zero attached hydrogens (tertiary/aromatic N) is 1. The van der Waals surface area contributed by atoms with Crippen LogP contribution in [0.2, 0.25) is 5.02 Å². The maximum absolute atomic E-state index is 13.0. The number of carbonyl (C=O) groups excluding carboxylic acids is 2. The second-order valence-corrected chi connectivity index (χ2v) is 7.50. The van der Waals surface area contributed by atoms with E-state index in [1.165, 1.54) is 12.7 Å². The molecular weight excluding hydrogens is 358 g/mol. The topological polar surface area (TPSA) is 46.6 Å². The molecule has 1 aliphatic rings. The van der Waals surface area contributed by atoms with Gasteiger partial charge in [-0.2, -0.15) is 0 Å². The van der Waals surface area contributed by atoms with Gasteiger partial charge in [-0.25, -0.2) is 0 Å². The highest BCUT2D eigenvalue weighted by Crippen LogP contribution is 2.37. The van der Waals surface area contributed by atoms with E-state index in [-0.39, 0.29) is 17.7 Å². The second-order valence-electron chi connectivity index (χ2n) is 5.82. The lowest BCUT2D eigenvalue weighted by atomic mass is 10.1. The molecule has 1 amide bonds. The monoisotopic (exact) mass is 375 g/mol. The Morgan fingerprint density at radius 3 is 2.60 bits per heavy atom. The predicted octanol–water partition coefficient (Wildman–Crippen LogP) is 3.56. The van der Waals surface area contributed by atoms with Crippen LogP contribution in [0.15, 0.2) is 53.4 Å². The van der Waals surface area contributed by atoms with Crippen LogP contribution < -0.4 is 0 Å². The quantitative estimate of drug-likeness (QED) is 0.750. The van der Waals surface area contributed by atoms with Crippen molar-refractivity contribution < 1.29 is 14.3 Å². The number of amides is 1. The maximum atomic E-state index is 13.0. The predicted molar refractivity (Wildman–Crippen MR) is 98.7 cm³/mol. The summed E-state index contributed by atoms with van der Waals surface area (Å²) in [6.45, 7) is 0.282. The number of esters is 1. The molecule has 0 saturated carbocycles. The van der Waals surface area contributed by atoms with E-state index in [0.717, 1.165) is 10.5 Å². The van der Waals surface area contributed by atoms with Crippen LogP contribution in [0.1, 0.15) is 11.1 Å². The minimum Gasteiger partial charge on any atom is -0.468 e. The molecule has 0 aromatic heterocycles. The summed E-state index contributed by atoms with van der Waals surface area (Å²) in [5, 5.41) is 0.422. The number of thioether (sulfide) groups is 1. The highest BCUT2D eigenvalue weighted by molar-refractivity contribution is 8.01. The summed E-state index contributed by atoms with van der Waals surface area (Å²) < 4.78 is 4.75. The molecule has 0 radical (unpaired) electrons. The van der Waals surface area contributed by atoms with E-state index < -0.39 is 5.97 Å². The van der Waals surface area contributed by atoms with E-state index in [2.05, 4.69) is 0 Å². The molecule has 2 aromatic carbocycles. The number of benzene rings is 2. The Balaban J connectivity index is 1.75. The molecule has 0 fully saturated rings. The van der Waals surface area contributed by atoms with Crippen molar-refractivity contribution in [2.24, 2.45) is 0 Å². The molecule has 1 atom stereocenters. The second kappa shape index (κ2) is 7.93. The van der Waals surface area contributed by atoms with E-state index in [9.17, 15) is 9.59 Å². The molecule has 4 nitrogen and oxygen atoms in total. The number of hydrogen-bond donors (Lipinski definition) is 0. The summed E-state index contributed by atoms with van der Waals surface area (Å²) in [6, 6.07) is 15.3. The third kappa shape index (κ3) is 4.35. The van der Waals surface area contributed by atoms with Crippen LogP contribution in [-0.2, 0) is 27.3 Å². The molecule has 0 aliphatic carbocycles. The molecule has 130 valence electrons. The lowest BCUT2D eigenvalue weighted by Crippen LogP contribution is -2.40. The van der Waals surface area contributed by atoms with Crippen LogP contribution in [0.3, 0.4) is 0 Å². The SMILES string of the molecule is COC(=O)CN(Cc1ccc(Cl)cc1)C(=O)C1Cc2ccccc2S1. The first-order valence-electron chi connectivity index (χ1n) is 7.91. The van der Waals surface area contributed by atoms with Gasteiger partial charge >= 0.3 is 5.97 Å². The average molecular weight is 376 g/mol. The molecule has 6 heteroatoms. The van der Waals surface area contributed by atoms with E-state index in [1.54, 1.807) is 28.8 Å². The zero-order valence-corrected chi connectivity index (χ0v) is 15.3. The highest BCUT2D eigenvalue weighted by Gasteiger charge is 2.32. The minimum absolute atomic E-state index is 0.0541. The lowest BCUT2D eigenvalue weighted by molar-refractivity contribution is -0.147. The third-order valence-electron chi connectivity index (χ3n) is 4.07. The molecule has 1 aliphatic heterocycles. The summed E-state index contributed by atoms with van der Waals surface area (Å²) in [6.07, 6.45) is 0.679. The fraction of sp³-hybridized carbons (Fsp3) is 0.263. The van der Waals surface area contributed by atoms with Crippen molar-refractivity contribution in [1.29, 1.82) is 0 Å². The van der Waals surface area contributed by atoms with Gasteiger partial charge in [-0.3, -0.25) is 9.59 Å². The Hall–Kier alpha value is -1.98. The Kier molecular flexibility index (Phi) is 5.66. The van der Waals surface area contributed by atoms with E-state index in [4.69, 9.17) is 16.3 Å². The molecule has 1 heterocycles. The molecule has 0 bridgehead atoms. The maximum Gasteiger partial charge on any atom is 0.325 e. The number of carbonyl (C=O) groups is 2. The van der Waals surface area contributed by atoms with Gasteiger partial charge in [-0.1, -0.05) is 41.9 Å². The summed E-state index contributed by atoms with van der Waals surface area (Å²) in [5.41, 5.74) is 2.09. The molecule has 0 saturated heterocycles. The van der Waals surface area contributed by atoms with Gasteiger partial charge in [0.25, 0.3) is 0 Å². The Morgan fingerprint density at radius 1 is 1.20 bits per heavy atom. The van der Waals surface area contributed by atoms with Crippen LogP contribution in [-0.4, -0.2) is 35.7 Å². The molecule has 1 unspecified atom stereocenters. The van der Waals surface area contributed by atoms with E-state index in [0.29, 0.717) is 18.0 Å². The first-order valence-corrected chi connectivity index (χ1v) is 9.17. The summed E-state index contributed by atoms with van der Waals surface area (Å²) in [7, 11) is 1.33. The van der Waals surface area contributed by atoms with Crippen LogP contribution >= 0.6 is 23.4 Å². The summed E-state index contributed by atoms with van der Waals surface area (Å²) >= 11 is 7.47. The number of fused-ring (bicyclic) bond motifs is 1. The van der Waals surface area contributed by atoms with Crippen molar-refractivity contribution in [3.63, 3.8) is 0 Å². The number of ether oxygens (including phenoxy) is 1. The van der Waals surface area contributed by atoms with Gasteiger partial charge in [0.05, 0.1) is 12.4 Å². The number of rotatable bonds is 5. The highest BCUT2D eigenvalue weighted by atomic mass is 35.5. The lowest BCUT2D eigenvalue weighted by Gasteiger charge is -2.24. The standard InChI is InChI=1S/C19H18ClNO3S/c1-24-18(22)12-21(11-13-6-8-15(20)9-7-13)19(23)17-10-14-4-2-3-5-16(14)25-17/h2-9,17H,10-12H2,1H3.